The summed E-state index contributed by atoms with van der Waals surface area (Å²) in [6.45, 7) is -0.554. The molecule has 7 nitrogen and oxygen atoms in total. The highest BCUT2D eigenvalue weighted by atomic mass is 79.9. The highest BCUT2D eigenvalue weighted by molar-refractivity contribution is 9.10. The van der Waals surface area contributed by atoms with Crippen LogP contribution in [0.25, 0.3) is 0 Å². The molecule has 0 saturated heterocycles. The molecule has 0 aliphatic heterocycles. The Labute approximate surface area is 201 Å². The SMILES string of the molecule is Cn1ncc(C(=O)c2ccc(Br)cc2CS(C)(=O)=O)c1OCC(=O)c1ccc(C(F)(F)F)cc1. The zero-order valence-electron chi connectivity index (χ0n) is 17.9. The summed E-state index contributed by atoms with van der Waals surface area (Å²) in [6, 6.07) is 8.26. The van der Waals surface area contributed by atoms with Crippen molar-refractivity contribution in [2.45, 2.75) is 11.9 Å². The Balaban J connectivity index is 1.83. The number of rotatable bonds is 8. The van der Waals surface area contributed by atoms with Gasteiger partial charge in [-0.15, -0.1) is 0 Å². The maximum absolute atomic E-state index is 13.2. The van der Waals surface area contributed by atoms with Crippen LogP contribution in [-0.4, -0.2) is 42.6 Å². The van der Waals surface area contributed by atoms with E-state index in [-0.39, 0.29) is 33.9 Å². The molecule has 0 unspecified atom stereocenters. The van der Waals surface area contributed by atoms with Crippen molar-refractivity contribution >= 4 is 37.3 Å². The second-order valence-corrected chi connectivity index (χ2v) is 10.5. The summed E-state index contributed by atoms with van der Waals surface area (Å²) in [5.41, 5.74) is -0.479. The Kier molecular flexibility index (Phi) is 7.32. The minimum absolute atomic E-state index is 0.000192. The number of hydrogen-bond acceptors (Lipinski definition) is 6. The number of halogens is 4. The van der Waals surface area contributed by atoms with Crippen LogP contribution in [0, 0.1) is 0 Å². The van der Waals surface area contributed by atoms with E-state index in [1.807, 2.05) is 0 Å². The molecule has 1 heterocycles. The fraction of sp³-hybridized carbons (Fsp3) is 0.227. The summed E-state index contributed by atoms with van der Waals surface area (Å²) in [5, 5.41) is 3.98. The van der Waals surface area contributed by atoms with Gasteiger partial charge in [0.05, 0.1) is 17.5 Å². The molecule has 12 heteroatoms. The van der Waals surface area contributed by atoms with Gasteiger partial charge in [-0.2, -0.15) is 18.3 Å². The van der Waals surface area contributed by atoms with E-state index < -0.39 is 39.8 Å². The van der Waals surface area contributed by atoms with E-state index in [2.05, 4.69) is 21.0 Å². The average molecular weight is 559 g/mol. The highest BCUT2D eigenvalue weighted by Gasteiger charge is 2.30. The third-order valence-corrected chi connectivity index (χ3v) is 6.06. The first-order chi connectivity index (χ1) is 15.8. The van der Waals surface area contributed by atoms with Gasteiger partial charge >= 0.3 is 6.18 Å². The molecule has 0 amide bonds. The van der Waals surface area contributed by atoms with Crippen molar-refractivity contribution in [2.24, 2.45) is 7.05 Å². The fourth-order valence-corrected chi connectivity index (χ4v) is 4.36. The van der Waals surface area contributed by atoms with Gasteiger partial charge in [-0.1, -0.05) is 28.1 Å². The normalized spacial score (nSPS) is 11.9. The molecule has 180 valence electrons. The van der Waals surface area contributed by atoms with Crippen LogP contribution in [0.15, 0.2) is 53.1 Å². The van der Waals surface area contributed by atoms with Crippen molar-refractivity contribution in [1.82, 2.24) is 9.78 Å². The van der Waals surface area contributed by atoms with Gasteiger partial charge in [0, 0.05) is 28.9 Å². The van der Waals surface area contributed by atoms with Crippen molar-refractivity contribution in [3.63, 3.8) is 0 Å². The molecule has 0 spiro atoms. The van der Waals surface area contributed by atoms with E-state index in [9.17, 15) is 31.2 Å². The van der Waals surface area contributed by atoms with Crippen molar-refractivity contribution in [3.8, 4) is 5.88 Å². The fourth-order valence-electron chi connectivity index (χ4n) is 3.15. The molecule has 0 radical (unpaired) electrons. The average Bonchev–Trinajstić information content (AvgIpc) is 3.10. The molecule has 3 aromatic rings. The quantitative estimate of drug-likeness (QED) is 0.384. The molecule has 0 N–H and O–H groups in total. The maximum atomic E-state index is 13.2. The number of ketones is 2. The second kappa shape index (κ2) is 9.71. The molecule has 0 aliphatic rings. The molecule has 1 aromatic heterocycles. The first-order valence-corrected chi connectivity index (χ1v) is 12.5. The van der Waals surface area contributed by atoms with E-state index in [4.69, 9.17) is 4.74 Å². The largest absolute Gasteiger partial charge is 0.469 e. The lowest BCUT2D eigenvalue weighted by molar-refractivity contribution is -0.137. The lowest BCUT2D eigenvalue weighted by Gasteiger charge is -2.11. The van der Waals surface area contributed by atoms with E-state index in [1.54, 1.807) is 6.07 Å². The minimum Gasteiger partial charge on any atom is -0.469 e. The molecule has 3 rings (SSSR count). The topological polar surface area (TPSA) is 95.3 Å². The van der Waals surface area contributed by atoms with Gasteiger partial charge in [0.2, 0.25) is 5.88 Å². The summed E-state index contributed by atoms with van der Waals surface area (Å²) in [6.07, 6.45) is -2.24. The number of aromatic nitrogens is 2. The van der Waals surface area contributed by atoms with Crippen molar-refractivity contribution in [3.05, 3.63) is 81.0 Å². The number of benzene rings is 2. The number of sulfone groups is 1. The molecular formula is C22H18BrF3N2O5S. The van der Waals surface area contributed by atoms with E-state index in [1.165, 1.54) is 30.1 Å². The van der Waals surface area contributed by atoms with E-state index >= 15 is 0 Å². The summed E-state index contributed by atoms with van der Waals surface area (Å²) < 4.78 is 69.1. The van der Waals surface area contributed by atoms with Gasteiger partial charge in [0.25, 0.3) is 0 Å². The number of carbonyl (C=O) groups is 2. The van der Waals surface area contributed by atoms with Gasteiger partial charge in [0.1, 0.15) is 5.56 Å². The smallest absolute Gasteiger partial charge is 0.416 e. The maximum Gasteiger partial charge on any atom is 0.416 e. The Morgan fingerprint density at radius 2 is 1.74 bits per heavy atom. The molecule has 2 aromatic carbocycles. The van der Waals surface area contributed by atoms with Crippen molar-refractivity contribution in [1.29, 1.82) is 0 Å². The van der Waals surface area contributed by atoms with Crippen LogP contribution in [0.5, 0.6) is 5.88 Å². The number of carbonyl (C=O) groups excluding carboxylic acids is 2. The summed E-state index contributed by atoms with van der Waals surface area (Å²) >= 11 is 3.26. The predicted octanol–water partition coefficient (Wildman–Crippen LogP) is 4.24. The third-order valence-electron chi connectivity index (χ3n) is 4.73. The number of hydrogen-bond donors (Lipinski definition) is 0. The molecule has 0 fully saturated rings. The molecule has 0 bridgehead atoms. The summed E-state index contributed by atoms with van der Waals surface area (Å²) in [4.78, 5) is 25.6. The van der Waals surface area contributed by atoms with Crippen LogP contribution in [0.2, 0.25) is 0 Å². The molecular weight excluding hydrogens is 541 g/mol. The number of alkyl halides is 3. The van der Waals surface area contributed by atoms with Crippen LogP contribution in [0.3, 0.4) is 0 Å². The molecule has 0 atom stereocenters. The van der Waals surface area contributed by atoms with Gasteiger partial charge < -0.3 is 4.74 Å². The minimum atomic E-state index is -4.52. The second-order valence-electron chi connectivity index (χ2n) is 7.47. The Bertz CT molecular complexity index is 1350. The first-order valence-electron chi connectivity index (χ1n) is 9.62. The van der Waals surface area contributed by atoms with Gasteiger partial charge in [-0.25, -0.2) is 13.1 Å². The van der Waals surface area contributed by atoms with Gasteiger partial charge in [-0.05, 0) is 35.9 Å². The monoisotopic (exact) mass is 558 g/mol. The number of Topliss-reactive ketones (excluding diaryl/α,β-unsaturated/α-hetero) is 1. The van der Waals surface area contributed by atoms with Crippen LogP contribution < -0.4 is 4.74 Å². The Morgan fingerprint density at radius 1 is 1.09 bits per heavy atom. The standard InChI is InChI=1S/C22H18BrF3N2O5S/c1-28-21(33-11-19(29)13-3-5-15(6-4-13)22(24,25)26)18(10-27-28)20(30)17-8-7-16(23)9-14(17)12-34(2,31)32/h3-10H,11-12H2,1-2H3. The third kappa shape index (κ3) is 6.11. The molecule has 0 saturated carbocycles. The van der Waals surface area contributed by atoms with Crippen molar-refractivity contribution < 1.29 is 35.9 Å². The van der Waals surface area contributed by atoms with Gasteiger partial charge in [0.15, 0.2) is 28.0 Å². The molecule has 34 heavy (non-hydrogen) atoms. The number of aryl methyl sites for hydroxylation is 1. The zero-order chi connectivity index (χ0) is 25.3. The van der Waals surface area contributed by atoms with Crippen LogP contribution in [0.4, 0.5) is 13.2 Å². The predicted molar refractivity (Wildman–Crippen MR) is 121 cm³/mol. The lowest BCUT2D eigenvalue weighted by Crippen LogP contribution is -2.16. The number of nitrogens with zero attached hydrogens (tertiary/aromatic N) is 2. The summed E-state index contributed by atoms with van der Waals surface area (Å²) in [7, 11) is -1.96. The van der Waals surface area contributed by atoms with Gasteiger partial charge in [-0.3, -0.25) is 9.59 Å². The van der Waals surface area contributed by atoms with Crippen LogP contribution >= 0.6 is 15.9 Å². The first kappa shape index (κ1) is 25.6. The lowest BCUT2D eigenvalue weighted by atomic mass is 10.0. The molecule has 0 aliphatic carbocycles. The van der Waals surface area contributed by atoms with Crippen LogP contribution in [0.1, 0.15) is 37.4 Å². The van der Waals surface area contributed by atoms with Crippen LogP contribution in [-0.2, 0) is 28.8 Å². The van der Waals surface area contributed by atoms with Crippen molar-refractivity contribution in [2.75, 3.05) is 12.9 Å². The Hall–Kier alpha value is -2.99. The Morgan fingerprint density at radius 3 is 2.32 bits per heavy atom. The van der Waals surface area contributed by atoms with E-state index in [0.717, 1.165) is 30.5 Å². The highest BCUT2D eigenvalue weighted by Crippen LogP contribution is 2.29. The van der Waals surface area contributed by atoms with E-state index in [0.29, 0.717) is 4.47 Å². The summed E-state index contributed by atoms with van der Waals surface area (Å²) in [5.74, 6) is -1.57. The number of ether oxygens (including phenoxy) is 1. The zero-order valence-corrected chi connectivity index (χ0v) is 20.3.